The van der Waals surface area contributed by atoms with E-state index in [0.717, 1.165) is 19.3 Å². The number of hydrogen-bond donors (Lipinski definition) is 1. The summed E-state index contributed by atoms with van der Waals surface area (Å²) in [6.45, 7) is 0. The standard InChI is InChI=1S/C15H20N2O3/c1-17(2)15(19)11-7-8-13(20-3)12(9-11)16-14(18)10-5-4-6-10/h7-10H,4-6H2,1-3H3,(H,16,18). The lowest BCUT2D eigenvalue weighted by atomic mass is 9.85. The molecule has 1 aliphatic carbocycles. The second kappa shape index (κ2) is 5.94. The van der Waals surface area contributed by atoms with Gasteiger partial charge in [-0.3, -0.25) is 9.59 Å². The van der Waals surface area contributed by atoms with Gasteiger partial charge in [0, 0.05) is 25.6 Å². The summed E-state index contributed by atoms with van der Waals surface area (Å²) in [5.41, 5.74) is 1.08. The van der Waals surface area contributed by atoms with Gasteiger partial charge in [-0.05, 0) is 31.0 Å². The minimum absolute atomic E-state index is 0.00371. The molecule has 0 aliphatic heterocycles. The molecule has 0 saturated heterocycles. The highest BCUT2D eigenvalue weighted by Crippen LogP contribution is 2.31. The van der Waals surface area contributed by atoms with E-state index in [4.69, 9.17) is 4.74 Å². The second-order valence-electron chi connectivity index (χ2n) is 5.23. The molecule has 2 amide bonds. The van der Waals surface area contributed by atoms with E-state index in [1.54, 1.807) is 39.4 Å². The van der Waals surface area contributed by atoms with E-state index < -0.39 is 0 Å². The lowest BCUT2D eigenvalue weighted by Gasteiger charge is -2.24. The van der Waals surface area contributed by atoms with E-state index >= 15 is 0 Å². The van der Waals surface area contributed by atoms with Crippen LogP contribution in [0.15, 0.2) is 18.2 Å². The fraction of sp³-hybridized carbons (Fsp3) is 0.467. The van der Waals surface area contributed by atoms with Crippen molar-refractivity contribution < 1.29 is 14.3 Å². The average molecular weight is 276 g/mol. The number of anilines is 1. The zero-order valence-electron chi connectivity index (χ0n) is 12.1. The van der Waals surface area contributed by atoms with Gasteiger partial charge in [0.2, 0.25) is 5.91 Å². The maximum Gasteiger partial charge on any atom is 0.253 e. The van der Waals surface area contributed by atoms with Gasteiger partial charge >= 0.3 is 0 Å². The number of carbonyl (C=O) groups is 2. The summed E-state index contributed by atoms with van der Waals surface area (Å²) in [6.07, 6.45) is 2.98. The van der Waals surface area contributed by atoms with Crippen LogP contribution in [0.3, 0.4) is 0 Å². The zero-order valence-corrected chi connectivity index (χ0v) is 12.1. The predicted octanol–water partition coefficient (Wildman–Crippen LogP) is 2.14. The third-order valence-electron chi connectivity index (χ3n) is 3.59. The van der Waals surface area contributed by atoms with E-state index in [9.17, 15) is 9.59 Å². The summed E-state index contributed by atoms with van der Waals surface area (Å²) in [5, 5.41) is 2.86. The largest absolute Gasteiger partial charge is 0.495 e. The quantitative estimate of drug-likeness (QED) is 0.916. The smallest absolute Gasteiger partial charge is 0.253 e. The van der Waals surface area contributed by atoms with Crippen LogP contribution in [0.5, 0.6) is 5.75 Å². The van der Waals surface area contributed by atoms with Crippen molar-refractivity contribution in [3.63, 3.8) is 0 Å². The first kappa shape index (κ1) is 14.4. The molecular formula is C15H20N2O3. The lowest BCUT2D eigenvalue weighted by Crippen LogP contribution is -2.28. The number of ether oxygens (including phenoxy) is 1. The summed E-state index contributed by atoms with van der Waals surface area (Å²) in [4.78, 5) is 25.5. The molecule has 1 aliphatic rings. The van der Waals surface area contributed by atoms with Crippen LogP contribution in [-0.2, 0) is 4.79 Å². The van der Waals surface area contributed by atoms with Crippen LogP contribution in [0, 0.1) is 5.92 Å². The van der Waals surface area contributed by atoms with Gasteiger partial charge in [0.1, 0.15) is 5.75 Å². The maximum absolute atomic E-state index is 12.0. The summed E-state index contributed by atoms with van der Waals surface area (Å²) in [7, 11) is 4.93. The molecule has 20 heavy (non-hydrogen) atoms. The monoisotopic (exact) mass is 276 g/mol. The lowest BCUT2D eigenvalue weighted by molar-refractivity contribution is -0.122. The van der Waals surface area contributed by atoms with Crippen molar-refractivity contribution in [2.24, 2.45) is 5.92 Å². The Hall–Kier alpha value is -2.04. The van der Waals surface area contributed by atoms with E-state index in [2.05, 4.69) is 5.32 Å². The molecule has 5 nitrogen and oxygen atoms in total. The van der Waals surface area contributed by atoms with Crippen LogP contribution >= 0.6 is 0 Å². The molecule has 108 valence electrons. The third kappa shape index (κ3) is 2.92. The van der Waals surface area contributed by atoms with Crippen molar-refractivity contribution >= 4 is 17.5 Å². The Morgan fingerprint density at radius 3 is 2.50 bits per heavy atom. The predicted molar refractivity (Wildman–Crippen MR) is 77.0 cm³/mol. The van der Waals surface area contributed by atoms with Crippen molar-refractivity contribution in [1.29, 1.82) is 0 Å². The Labute approximate surface area is 118 Å². The molecule has 0 unspecified atom stereocenters. The molecule has 0 bridgehead atoms. The SMILES string of the molecule is COc1ccc(C(=O)N(C)C)cc1NC(=O)C1CCC1. The number of nitrogens with one attached hydrogen (secondary N) is 1. The van der Waals surface area contributed by atoms with Gasteiger partial charge in [-0.15, -0.1) is 0 Å². The maximum atomic E-state index is 12.0. The summed E-state index contributed by atoms with van der Waals surface area (Å²) in [6, 6.07) is 5.06. The number of carbonyl (C=O) groups excluding carboxylic acids is 2. The number of amides is 2. The number of hydrogen-bond acceptors (Lipinski definition) is 3. The number of methoxy groups -OCH3 is 1. The molecule has 0 atom stereocenters. The Bertz CT molecular complexity index is 522. The highest BCUT2D eigenvalue weighted by atomic mass is 16.5. The second-order valence-corrected chi connectivity index (χ2v) is 5.23. The fourth-order valence-corrected chi connectivity index (χ4v) is 2.10. The molecule has 1 aromatic rings. The van der Waals surface area contributed by atoms with Crippen molar-refractivity contribution in [1.82, 2.24) is 4.90 Å². The van der Waals surface area contributed by atoms with Crippen molar-refractivity contribution in [2.45, 2.75) is 19.3 Å². The molecule has 1 N–H and O–H groups in total. The van der Waals surface area contributed by atoms with Gasteiger partial charge in [0.25, 0.3) is 5.91 Å². The topological polar surface area (TPSA) is 58.6 Å². The van der Waals surface area contributed by atoms with Gasteiger partial charge in [0.15, 0.2) is 0 Å². The summed E-state index contributed by atoms with van der Waals surface area (Å²) in [5.74, 6) is 0.552. The Balaban J connectivity index is 2.22. The molecule has 0 aromatic heterocycles. The van der Waals surface area contributed by atoms with Crippen LogP contribution in [0.1, 0.15) is 29.6 Å². The number of nitrogens with zero attached hydrogens (tertiary/aromatic N) is 1. The Morgan fingerprint density at radius 1 is 1.30 bits per heavy atom. The summed E-state index contributed by atoms with van der Waals surface area (Å²) < 4.78 is 5.23. The number of rotatable bonds is 4. The first-order valence-corrected chi connectivity index (χ1v) is 6.73. The molecule has 1 saturated carbocycles. The van der Waals surface area contributed by atoms with Crippen LogP contribution in [0.25, 0.3) is 0 Å². The molecule has 1 fully saturated rings. The molecule has 5 heteroatoms. The van der Waals surface area contributed by atoms with Crippen molar-refractivity contribution in [3.8, 4) is 5.75 Å². The van der Waals surface area contributed by atoms with Gasteiger partial charge in [-0.25, -0.2) is 0 Å². The first-order chi connectivity index (χ1) is 9.52. The average Bonchev–Trinajstić information content (AvgIpc) is 2.35. The van der Waals surface area contributed by atoms with E-state index in [1.165, 1.54) is 4.90 Å². The Kier molecular flexibility index (Phi) is 4.27. The van der Waals surface area contributed by atoms with Crippen molar-refractivity contribution in [3.05, 3.63) is 23.8 Å². The third-order valence-corrected chi connectivity index (χ3v) is 3.59. The minimum Gasteiger partial charge on any atom is -0.495 e. The normalized spacial score (nSPS) is 14.3. The van der Waals surface area contributed by atoms with Gasteiger partial charge in [-0.1, -0.05) is 6.42 Å². The van der Waals surface area contributed by atoms with Gasteiger partial charge in [0.05, 0.1) is 12.8 Å². The van der Waals surface area contributed by atoms with E-state index in [1.807, 2.05) is 0 Å². The minimum atomic E-state index is -0.105. The molecular weight excluding hydrogens is 256 g/mol. The molecule has 2 rings (SSSR count). The Morgan fingerprint density at radius 2 is 2.00 bits per heavy atom. The fourth-order valence-electron chi connectivity index (χ4n) is 2.10. The zero-order chi connectivity index (χ0) is 14.7. The molecule has 1 aromatic carbocycles. The highest BCUT2D eigenvalue weighted by molar-refractivity contribution is 5.98. The van der Waals surface area contributed by atoms with Crippen LogP contribution in [0.2, 0.25) is 0 Å². The van der Waals surface area contributed by atoms with E-state index in [0.29, 0.717) is 17.0 Å². The van der Waals surface area contributed by atoms with Crippen LogP contribution in [0.4, 0.5) is 5.69 Å². The summed E-state index contributed by atoms with van der Waals surface area (Å²) >= 11 is 0. The first-order valence-electron chi connectivity index (χ1n) is 6.73. The van der Waals surface area contributed by atoms with Gasteiger partial charge in [-0.2, -0.15) is 0 Å². The molecule has 0 heterocycles. The van der Waals surface area contributed by atoms with Gasteiger partial charge < -0.3 is 15.0 Å². The molecule has 0 radical (unpaired) electrons. The van der Waals surface area contributed by atoms with Crippen LogP contribution in [-0.4, -0.2) is 37.9 Å². The molecule has 0 spiro atoms. The highest BCUT2D eigenvalue weighted by Gasteiger charge is 2.26. The van der Waals surface area contributed by atoms with Crippen LogP contribution < -0.4 is 10.1 Å². The van der Waals surface area contributed by atoms with E-state index in [-0.39, 0.29) is 17.7 Å². The number of benzene rings is 1. The van der Waals surface area contributed by atoms with Crippen molar-refractivity contribution in [2.75, 3.05) is 26.5 Å².